The Kier molecular flexibility index (Phi) is 3.40. The van der Waals surface area contributed by atoms with E-state index in [9.17, 15) is 9.59 Å². The molecule has 7 nitrogen and oxygen atoms in total. The van der Waals surface area contributed by atoms with Gasteiger partial charge in [-0.2, -0.15) is 0 Å². The van der Waals surface area contributed by atoms with Gasteiger partial charge in [0.1, 0.15) is 0 Å². The van der Waals surface area contributed by atoms with E-state index in [1.54, 1.807) is 19.0 Å². The number of likely N-dealkylation sites (N-methyl/N-ethyl adjacent to an activating group) is 1. The zero-order valence-corrected chi connectivity index (χ0v) is 8.35. The smallest absolute Gasteiger partial charge is 0.373 e. The zero-order valence-electron chi connectivity index (χ0n) is 8.35. The average molecular weight is 213 g/mol. The molecule has 1 aromatic rings. The van der Waals surface area contributed by atoms with Gasteiger partial charge in [-0.05, 0) is 14.1 Å². The van der Waals surface area contributed by atoms with Crippen molar-refractivity contribution in [2.24, 2.45) is 0 Å². The van der Waals surface area contributed by atoms with Crippen molar-refractivity contribution in [3.63, 3.8) is 0 Å². The van der Waals surface area contributed by atoms with Gasteiger partial charge in [0.25, 0.3) is 0 Å². The first kappa shape index (κ1) is 11.2. The molecule has 0 aromatic carbocycles. The van der Waals surface area contributed by atoms with E-state index in [-0.39, 0.29) is 24.2 Å². The number of hydrogen-bond donors (Lipinski definition) is 2. The van der Waals surface area contributed by atoms with Crippen LogP contribution < -0.4 is 5.32 Å². The molecule has 0 aliphatic heterocycles. The summed E-state index contributed by atoms with van der Waals surface area (Å²) in [5.41, 5.74) is 0. The quantitative estimate of drug-likeness (QED) is 0.723. The largest absolute Gasteiger partial charge is 0.475 e. The van der Waals surface area contributed by atoms with Crippen LogP contribution in [0.3, 0.4) is 0 Å². The van der Waals surface area contributed by atoms with Gasteiger partial charge in [0.15, 0.2) is 0 Å². The van der Waals surface area contributed by atoms with Crippen molar-refractivity contribution in [1.29, 1.82) is 0 Å². The lowest BCUT2D eigenvalue weighted by Gasteiger charge is -2.07. The molecule has 0 radical (unpaired) electrons. The number of carbonyl (C=O) groups is 2. The highest BCUT2D eigenvalue weighted by molar-refractivity contribution is 5.91. The number of rotatable bonds is 4. The maximum atomic E-state index is 11.2. The standard InChI is InChI=1S/C8H11N3O4/c1-11(2)4-6(12)10-8-9-3-5(15-8)7(13)14/h3H,4H2,1-2H3,(H,13,14)(H,9,10,12). The van der Waals surface area contributed by atoms with E-state index in [0.717, 1.165) is 6.20 Å². The first-order chi connectivity index (χ1) is 6.99. The van der Waals surface area contributed by atoms with Crippen molar-refractivity contribution in [3.05, 3.63) is 12.0 Å². The van der Waals surface area contributed by atoms with Crippen molar-refractivity contribution in [2.75, 3.05) is 26.0 Å². The van der Waals surface area contributed by atoms with Gasteiger partial charge in [-0.25, -0.2) is 9.78 Å². The van der Waals surface area contributed by atoms with E-state index in [4.69, 9.17) is 9.52 Å². The molecule has 0 atom stereocenters. The highest BCUT2D eigenvalue weighted by Gasteiger charge is 2.12. The minimum Gasteiger partial charge on any atom is -0.475 e. The molecule has 0 unspecified atom stereocenters. The first-order valence-corrected chi connectivity index (χ1v) is 4.12. The SMILES string of the molecule is CN(C)CC(=O)Nc1ncc(C(=O)O)o1. The van der Waals surface area contributed by atoms with Gasteiger partial charge in [0.05, 0.1) is 12.7 Å². The Morgan fingerprint density at radius 3 is 2.73 bits per heavy atom. The minimum atomic E-state index is -1.23. The predicted molar refractivity (Wildman–Crippen MR) is 50.6 cm³/mol. The number of hydrogen-bond acceptors (Lipinski definition) is 5. The Hall–Kier alpha value is -1.89. The van der Waals surface area contributed by atoms with Crippen LogP contribution in [0.2, 0.25) is 0 Å². The molecular weight excluding hydrogens is 202 g/mol. The van der Waals surface area contributed by atoms with Gasteiger partial charge in [-0.15, -0.1) is 0 Å². The lowest BCUT2D eigenvalue weighted by Crippen LogP contribution is -2.27. The highest BCUT2D eigenvalue weighted by Crippen LogP contribution is 2.08. The second-order valence-electron chi connectivity index (χ2n) is 3.12. The molecule has 0 aliphatic carbocycles. The van der Waals surface area contributed by atoms with E-state index in [1.165, 1.54) is 0 Å². The second-order valence-corrected chi connectivity index (χ2v) is 3.12. The number of oxazole rings is 1. The van der Waals surface area contributed by atoms with Crippen LogP contribution in [0.4, 0.5) is 6.01 Å². The van der Waals surface area contributed by atoms with Crippen molar-refractivity contribution < 1.29 is 19.1 Å². The number of carbonyl (C=O) groups excluding carboxylic acids is 1. The molecule has 7 heteroatoms. The van der Waals surface area contributed by atoms with Crippen LogP contribution in [-0.2, 0) is 4.79 Å². The van der Waals surface area contributed by atoms with Crippen molar-refractivity contribution >= 4 is 17.9 Å². The summed E-state index contributed by atoms with van der Waals surface area (Å²) in [6.07, 6.45) is 1.04. The molecule has 0 fully saturated rings. The maximum Gasteiger partial charge on any atom is 0.373 e. The van der Waals surface area contributed by atoms with Crippen molar-refractivity contribution in [3.8, 4) is 0 Å². The maximum absolute atomic E-state index is 11.2. The average Bonchev–Trinajstić information content (AvgIpc) is 2.50. The fourth-order valence-corrected chi connectivity index (χ4v) is 0.877. The second kappa shape index (κ2) is 4.56. The van der Waals surface area contributed by atoms with Crippen LogP contribution in [-0.4, -0.2) is 47.5 Å². The van der Waals surface area contributed by atoms with Crippen LogP contribution in [0.1, 0.15) is 10.6 Å². The third-order valence-corrected chi connectivity index (χ3v) is 1.42. The summed E-state index contributed by atoms with van der Waals surface area (Å²) in [6.45, 7) is 0.171. The first-order valence-electron chi connectivity index (χ1n) is 4.12. The van der Waals surface area contributed by atoms with Gasteiger partial charge >= 0.3 is 12.0 Å². The van der Waals surface area contributed by atoms with Crippen LogP contribution in [0.25, 0.3) is 0 Å². The van der Waals surface area contributed by atoms with E-state index in [1.807, 2.05) is 0 Å². The molecule has 1 amide bonds. The summed E-state index contributed by atoms with van der Waals surface area (Å²) in [7, 11) is 3.47. The number of nitrogens with one attached hydrogen (secondary N) is 1. The lowest BCUT2D eigenvalue weighted by molar-refractivity contribution is -0.116. The van der Waals surface area contributed by atoms with E-state index in [0.29, 0.717) is 0 Å². The van der Waals surface area contributed by atoms with Crippen LogP contribution in [0, 0.1) is 0 Å². The number of carboxylic acids is 1. The molecule has 0 saturated carbocycles. The van der Waals surface area contributed by atoms with Crippen LogP contribution in [0.5, 0.6) is 0 Å². The minimum absolute atomic E-state index is 0.112. The summed E-state index contributed by atoms with van der Waals surface area (Å²) < 4.78 is 4.74. The number of aromatic carboxylic acids is 1. The van der Waals surface area contributed by atoms with Crippen LogP contribution >= 0.6 is 0 Å². The van der Waals surface area contributed by atoms with E-state index < -0.39 is 5.97 Å². The molecule has 0 aliphatic rings. The summed E-state index contributed by atoms with van der Waals surface area (Å²) in [4.78, 5) is 26.9. The normalized spacial score (nSPS) is 10.3. The molecule has 1 aromatic heterocycles. The molecule has 1 heterocycles. The lowest BCUT2D eigenvalue weighted by atomic mass is 10.5. The summed E-state index contributed by atoms with van der Waals surface area (Å²) >= 11 is 0. The number of aromatic nitrogens is 1. The molecule has 82 valence electrons. The third kappa shape index (κ3) is 3.39. The Labute approximate surface area is 85.7 Å². The third-order valence-electron chi connectivity index (χ3n) is 1.42. The van der Waals surface area contributed by atoms with Gasteiger partial charge < -0.3 is 14.4 Å². The number of nitrogens with zero attached hydrogens (tertiary/aromatic N) is 2. The highest BCUT2D eigenvalue weighted by atomic mass is 16.4. The molecule has 0 spiro atoms. The van der Waals surface area contributed by atoms with Gasteiger partial charge in [0, 0.05) is 0 Å². The summed E-state index contributed by atoms with van der Waals surface area (Å²) in [5, 5.41) is 10.8. The summed E-state index contributed by atoms with van der Waals surface area (Å²) in [6, 6.07) is -0.112. The Morgan fingerprint density at radius 1 is 1.60 bits per heavy atom. The number of anilines is 1. The number of carboxylic acid groups (broad SMARTS) is 1. The number of amides is 1. The van der Waals surface area contributed by atoms with Crippen LogP contribution in [0.15, 0.2) is 10.6 Å². The van der Waals surface area contributed by atoms with Gasteiger partial charge in [0.2, 0.25) is 11.7 Å². The summed E-state index contributed by atoms with van der Waals surface area (Å²) in [5.74, 6) is -1.86. The molecular formula is C8H11N3O4. The molecule has 15 heavy (non-hydrogen) atoms. The Bertz CT molecular complexity index is 372. The van der Waals surface area contributed by atoms with E-state index >= 15 is 0 Å². The Balaban J connectivity index is 2.57. The molecule has 0 bridgehead atoms. The van der Waals surface area contributed by atoms with E-state index in [2.05, 4.69) is 10.3 Å². The van der Waals surface area contributed by atoms with Gasteiger partial charge in [-0.1, -0.05) is 0 Å². The molecule has 2 N–H and O–H groups in total. The van der Waals surface area contributed by atoms with Gasteiger partial charge in [-0.3, -0.25) is 10.1 Å². The monoisotopic (exact) mass is 213 g/mol. The predicted octanol–water partition coefficient (Wildman–Crippen LogP) is -0.127. The zero-order chi connectivity index (χ0) is 11.4. The molecule has 0 saturated heterocycles. The topological polar surface area (TPSA) is 95.7 Å². The van der Waals surface area contributed by atoms with Crippen molar-refractivity contribution in [2.45, 2.75) is 0 Å². The van der Waals surface area contributed by atoms with Crippen molar-refractivity contribution in [1.82, 2.24) is 9.88 Å². The Morgan fingerprint density at radius 2 is 2.27 bits per heavy atom. The molecule has 1 rings (SSSR count). The fraction of sp³-hybridized carbons (Fsp3) is 0.375. The fourth-order valence-electron chi connectivity index (χ4n) is 0.877.